The Morgan fingerprint density at radius 2 is 1.89 bits per heavy atom. The lowest BCUT2D eigenvalue weighted by atomic mass is 9.83. The quantitative estimate of drug-likeness (QED) is 0.840. The molecule has 1 fully saturated rings. The molecule has 1 aliphatic carbocycles. The first-order valence-electron chi connectivity index (χ1n) is 6.88. The molecule has 1 N–H and O–H groups in total. The normalized spacial score (nSPS) is 30.7. The number of anilines is 1. The summed E-state index contributed by atoms with van der Waals surface area (Å²) in [5.74, 6) is 1.02. The third kappa shape index (κ3) is 2.21. The van der Waals surface area contributed by atoms with Crippen molar-refractivity contribution in [1.29, 1.82) is 0 Å². The molecule has 102 valence electrons. The minimum Gasteiger partial charge on any atom is -0.478 e. The van der Waals surface area contributed by atoms with Gasteiger partial charge in [-0.15, -0.1) is 0 Å². The van der Waals surface area contributed by atoms with Crippen molar-refractivity contribution in [2.45, 2.75) is 37.9 Å². The minimum absolute atomic E-state index is 0.0279. The van der Waals surface area contributed by atoms with E-state index in [1.807, 2.05) is 24.3 Å². The number of ether oxygens (including phenoxy) is 1. The van der Waals surface area contributed by atoms with Gasteiger partial charge in [0, 0.05) is 13.0 Å². The van der Waals surface area contributed by atoms with E-state index in [1.54, 1.807) is 11.9 Å². The lowest BCUT2D eigenvalue weighted by Gasteiger charge is -2.37. The van der Waals surface area contributed by atoms with Crippen molar-refractivity contribution in [2.24, 2.45) is 5.92 Å². The Balaban J connectivity index is 1.83. The van der Waals surface area contributed by atoms with Gasteiger partial charge in [-0.25, -0.2) is 0 Å². The summed E-state index contributed by atoms with van der Waals surface area (Å²) in [6.45, 7) is 0. The van der Waals surface area contributed by atoms with Gasteiger partial charge in [0.1, 0.15) is 5.75 Å². The largest absolute Gasteiger partial charge is 0.478 e. The Labute approximate surface area is 113 Å². The zero-order chi connectivity index (χ0) is 13.4. The molecule has 0 saturated heterocycles. The van der Waals surface area contributed by atoms with Crippen LogP contribution in [0.5, 0.6) is 5.75 Å². The molecule has 1 aromatic carbocycles. The predicted molar refractivity (Wildman–Crippen MR) is 72.2 cm³/mol. The molecular formula is C15H19NO3. The molecule has 0 spiro atoms. The Morgan fingerprint density at radius 1 is 1.21 bits per heavy atom. The molecule has 4 heteroatoms. The highest BCUT2D eigenvalue weighted by atomic mass is 16.5. The summed E-state index contributed by atoms with van der Waals surface area (Å²) in [6, 6.07) is 7.63. The second kappa shape index (κ2) is 4.85. The topological polar surface area (TPSA) is 49.8 Å². The van der Waals surface area contributed by atoms with E-state index < -0.39 is 6.10 Å². The molecule has 0 bridgehead atoms. The average molecular weight is 261 g/mol. The van der Waals surface area contributed by atoms with Crippen molar-refractivity contribution in [3.05, 3.63) is 24.3 Å². The summed E-state index contributed by atoms with van der Waals surface area (Å²) in [7, 11) is 1.80. The molecule has 1 aliphatic heterocycles. The first kappa shape index (κ1) is 12.5. The zero-order valence-corrected chi connectivity index (χ0v) is 11.1. The molecule has 1 unspecified atom stereocenters. The van der Waals surface area contributed by atoms with Gasteiger partial charge in [0.05, 0.1) is 11.8 Å². The van der Waals surface area contributed by atoms with Crippen molar-refractivity contribution < 1.29 is 14.6 Å². The first-order valence-corrected chi connectivity index (χ1v) is 6.88. The highest BCUT2D eigenvalue weighted by molar-refractivity contribution is 5.99. The van der Waals surface area contributed by atoms with Crippen molar-refractivity contribution in [3.63, 3.8) is 0 Å². The lowest BCUT2D eigenvalue weighted by molar-refractivity contribution is -0.129. The number of amides is 1. The minimum atomic E-state index is -0.396. The van der Waals surface area contributed by atoms with Gasteiger partial charge in [0.15, 0.2) is 6.10 Å². The van der Waals surface area contributed by atoms with Gasteiger partial charge in [0.2, 0.25) is 0 Å². The van der Waals surface area contributed by atoms with Crippen molar-refractivity contribution >= 4 is 11.6 Å². The van der Waals surface area contributed by atoms with Gasteiger partial charge >= 0.3 is 0 Å². The number of hydrogen-bond acceptors (Lipinski definition) is 3. The van der Waals surface area contributed by atoms with Crippen LogP contribution in [0, 0.1) is 5.92 Å². The maximum atomic E-state index is 12.4. The maximum absolute atomic E-state index is 12.4. The zero-order valence-electron chi connectivity index (χ0n) is 11.1. The fraction of sp³-hybridized carbons (Fsp3) is 0.533. The van der Waals surface area contributed by atoms with Crippen molar-refractivity contribution in [2.75, 3.05) is 11.9 Å². The fourth-order valence-corrected chi connectivity index (χ4v) is 3.03. The number of nitrogens with zero attached hydrogens (tertiary/aromatic N) is 1. The molecule has 1 saturated carbocycles. The van der Waals surface area contributed by atoms with Crippen molar-refractivity contribution in [3.8, 4) is 5.75 Å². The average Bonchev–Trinajstić information content (AvgIpc) is 2.44. The third-order valence-corrected chi connectivity index (χ3v) is 4.22. The summed E-state index contributed by atoms with van der Waals surface area (Å²) >= 11 is 0. The molecule has 3 rings (SSSR count). The molecule has 1 heterocycles. The monoisotopic (exact) mass is 261 g/mol. The van der Waals surface area contributed by atoms with Crippen LogP contribution < -0.4 is 9.64 Å². The van der Waals surface area contributed by atoms with Crippen LogP contribution in [0.2, 0.25) is 0 Å². The standard InChI is InChI=1S/C15H19NO3/c1-16-12-4-2-3-5-13(12)19-14(15(16)18)10-6-8-11(17)9-7-10/h2-5,10-11,14,17H,6-9H2,1H3. The van der Waals surface area contributed by atoms with Crippen molar-refractivity contribution in [1.82, 2.24) is 0 Å². The summed E-state index contributed by atoms with van der Waals surface area (Å²) in [5.41, 5.74) is 0.833. The Bertz CT molecular complexity index is 480. The molecule has 0 radical (unpaired) electrons. The number of fused-ring (bicyclic) bond motifs is 1. The highest BCUT2D eigenvalue weighted by Gasteiger charge is 2.39. The van der Waals surface area contributed by atoms with Gasteiger partial charge in [-0.1, -0.05) is 12.1 Å². The van der Waals surface area contributed by atoms with Gasteiger partial charge in [-0.05, 0) is 37.8 Å². The van der Waals surface area contributed by atoms with E-state index in [9.17, 15) is 9.90 Å². The Hall–Kier alpha value is -1.55. The predicted octanol–water partition coefficient (Wildman–Crippen LogP) is 1.96. The molecule has 1 atom stereocenters. The van der Waals surface area contributed by atoms with Gasteiger partial charge in [-0.3, -0.25) is 4.79 Å². The Morgan fingerprint density at radius 3 is 2.63 bits per heavy atom. The van der Waals surface area contributed by atoms with Crippen LogP contribution in [0.15, 0.2) is 24.3 Å². The second-order valence-corrected chi connectivity index (χ2v) is 5.47. The SMILES string of the molecule is CN1C(=O)C(C2CCC(O)CC2)Oc2ccccc21. The number of carbonyl (C=O) groups excluding carboxylic acids is 1. The number of carbonyl (C=O) groups is 1. The highest BCUT2D eigenvalue weighted by Crippen LogP contribution is 2.37. The number of likely N-dealkylation sites (N-methyl/N-ethyl adjacent to an activating group) is 1. The number of aliphatic hydroxyl groups excluding tert-OH is 1. The maximum Gasteiger partial charge on any atom is 0.268 e. The molecule has 4 nitrogen and oxygen atoms in total. The van der Waals surface area contributed by atoms with Gasteiger partial charge < -0.3 is 14.7 Å². The number of para-hydroxylation sites is 2. The summed E-state index contributed by atoms with van der Waals surface area (Å²) in [5, 5.41) is 9.56. The van der Waals surface area contributed by atoms with E-state index in [4.69, 9.17) is 4.74 Å². The third-order valence-electron chi connectivity index (χ3n) is 4.22. The fourth-order valence-electron chi connectivity index (χ4n) is 3.03. The number of aliphatic hydroxyl groups is 1. The molecule has 1 amide bonds. The van der Waals surface area contributed by atoms with Crippen LogP contribution in [-0.4, -0.2) is 30.3 Å². The number of rotatable bonds is 1. The smallest absolute Gasteiger partial charge is 0.268 e. The number of hydrogen-bond donors (Lipinski definition) is 1. The van der Waals surface area contributed by atoms with E-state index in [-0.39, 0.29) is 17.9 Å². The van der Waals surface area contributed by atoms with Crippen LogP contribution in [0.4, 0.5) is 5.69 Å². The van der Waals surface area contributed by atoms with E-state index in [2.05, 4.69) is 0 Å². The first-order chi connectivity index (χ1) is 9.16. The Kier molecular flexibility index (Phi) is 3.19. The van der Waals surface area contributed by atoms with E-state index in [0.29, 0.717) is 0 Å². The molecule has 2 aliphatic rings. The van der Waals surface area contributed by atoms with Crippen LogP contribution in [-0.2, 0) is 4.79 Å². The molecule has 1 aromatic rings. The van der Waals surface area contributed by atoms with Gasteiger partial charge in [-0.2, -0.15) is 0 Å². The van der Waals surface area contributed by atoms with Crippen LogP contribution >= 0.6 is 0 Å². The molecular weight excluding hydrogens is 242 g/mol. The summed E-state index contributed by atoms with van der Waals surface area (Å²) < 4.78 is 5.92. The van der Waals surface area contributed by atoms with Crippen LogP contribution in [0.1, 0.15) is 25.7 Å². The van der Waals surface area contributed by atoms with Crippen LogP contribution in [0.25, 0.3) is 0 Å². The van der Waals surface area contributed by atoms with E-state index >= 15 is 0 Å². The summed E-state index contributed by atoms with van der Waals surface area (Å²) in [6.07, 6.45) is 2.64. The van der Waals surface area contributed by atoms with Crippen LogP contribution in [0.3, 0.4) is 0 Å². The van der Waals surface area contributed by atoms with Gasteiger partial charge in [0.25, 0.3) is 5.91 Å². The molecule has 19 heavy (non-hydrogen) atoms. The molecule has 0 aromatic heterocycles. The van der Waals surface area contributed by atoms with E-state index in [1.165, 1.54) is 0 Å². The number of benzene rings is 1. The summed E-state index contributed by atoms with van der Waals surface area (Å²) in [4.78, 5) is 14.1. The van der Waals surface area contributed by atoms with E-state index in [0.717, 1.165) is 37.1 Å². The second-order valence-electron chi connectivity index (χ2n) is 5.47. The lowest BCUT2D eigenvalue weighted by Crippen LogP contribution is -2.48.